The maximum absolute atomic E-state index is 11.6. The van der Waals surface area contributed by atoms with Crippen molar-refractivity contribution in [1.29, 1.82) is 0 Å². The molecule has 2 aromatic rings. The number of aryl methyl sites for hydroxylation is 2. The van der Waals surface area contributed by atoms with Crippen LogP contribution in [-0.2, 0) is 17.9 Å². The van der Waals surface area contributed by atoms with E-state index in [0.29, 0.717) is 0 Å². The molecule has 1 aliphatic rings. The Labute approximate surface area is 167 Å². The van der Waals surface area contributed by atoms with Crippen molar-refractivity contribution in [3.05, 3.63) is 52.7 Å². The molecule has 0 bridgehead atoms. The summed E-state index contributed by atoms with van der Waals surface area (Å²) >= 11 is 0. The molecule has 0 aliphatic carbocycles. The van der Waals surface area contributed by atoms with Crippen LogP contribution in [0.5, 0.6) is 5.75 Å². The molecule has 0 radical (unpaired) electrons. The monoisotopic (exact) mass is 382 g/mol. The molecule has 6 nitrogen and oxygen atoms in total. The standard InChI is InChI=1S/C22H30N4O2/c1-16-13-21(28-4)17(2)12-20(16)15-23-14-19-6-5-7-24-22(19)26-10-8-25(9-11-26)18(3)27/h5-7,12-13,23H,8-11,14-15H2,1-4H3. The van der Waals surface area contributed by atoms with E-state index in [4.69, 9.17) is 4.74 Å². The Bertz CT molecular complexity index is 829. The quantitative estimate of drug-likeness (QED) is 0.832. The molecule has 150 valence electrons. The summed E-state index contributed by atoms with van der Waals surface area (Å²) < 4.78 is 5.40. The number of anilines is 1. The van der Waals surface area contributed by atoms with Gasteiger partial charge >= 0.3 is 0 Å². The smallest absolute Gasteiger partial charge is 0.219 e. The summed E-state index contributed by atoms with van der Waals surface area (Å²) in [6.07, 6.45) is 1.84. The number of benzene rings is 1. The number of nitrogens with one attached hydrogen (secondary N) is 1. The van der Waals surface area contributed by atoms with Crippen molar-refractivity contribution in [2.45, 2.75) is 33.9 Å². The molecule has 1 saturated heterocycles. The van der Waals surface area contributed by atoms with Gasteiger partial charge in [-0.1, -0.05) is 12.1 Å². The maximum Gasteiger partial charge on any atom is 0.219 e. The molecule has 2 heterocycles. The highest BCUT2D eigenvalue weighted by Gasteiger charge is 2.21. The number of carbonyl (C=O) groups is 1. The predicted octanol–water partition coefficient (Wildman–Crippen LogP) is 2.67. The third kappa shape index (κ3) is 4.62. The van der Waals surface area contributed by atoms with Crippen LogP contribution in [0.4, 0.5) is 5.82 Å². The van der Waals surface area contributed by atoms with E-state index in [1.165, 1.54) is 16.7 Å². The molecule has 3 rings (SSSR count). The van der Waals surface area contributed by atoms with Crippen LogP contribution in [0.25, 0.3) is 0 Å². The third-order valence-corrected chi connectivity index (χ3v) is 5.38. The van der Waals surface area contributed by atoms with Gasteiger partial charge in [-0.15, -0.1) is 0 Å². The first-order valence-corrected chi connectivity index (χ1v) is 9.78. The topological polar surface area (TPSA) is 57.7 Å². The molecular formula is C22H30N4O2. The fraction of sp³-hybridized carbons (Fsp3) is 0.455. The molecule has 6 heteroatoms. The molecule has 1 aliphatic heterocycles. The Morgan fingerprint density at radius 2 is 1.82 bits per heavy atom. The molecule has 1 fully saturated rings. The fourth-order valence-corrected chi connectivity index (χ4v) is 3.68. The Morgan fingerprint density at radius 3 is 2.50 bits per heavy atom. The molecule has 28 heavy (non-hydrogen) atoms. The molecule has 1 amide bonds. The van der Waals surface area contributed by atoms with Crippen LogP contribution in [0.3, 0.4) is 0 Å². The highest BCUT2D eigenvalue weighted by atomic mass is 16.5. The predicted molar refractivity (Wildman–Crippen MR) is 112 cm³/mol. The summed E-state index contributed by atoms with van der Waals surface area (Å²) in [6.45, 7) is 10.5. The van der Waals surface area contributed by atoms with Crippen LogP contribution in [0.2, 0.25) is 0 Å². The highest BCUT2D eigenvalue weighted by Crippen LogP contribution is 2.23. The minimum absolute atomic E-state index is 0.146. The zero-order chi connectivity index (χ0) is 20.1. The number of hydrogen-bond acceptors (Lipinski definition) is 5. The van der Waals surface area contributed by atoms with E-state index in [1.807, 2.05) is 17.2 Å². The van der Waals surface area contributed by atoms with Gasteiger partial charge in [0.1, 0.15) is 11.6 Å². The van der Waals surface area contributed by atoms with Crippen LogP contribution in [0.15, 0.2) is 30.5 Å². The van der Waals surface area contributed by atoms with E-state index in [2.05, 4.69) is 47.2 Å². The summed E-state index contributed by atoms with van der Waals surface area (Å²) in [7, 11) is 1.71. The summed E-state index contributed by atoms with van der Waals surface area (Å²) in [6, 6.07) is 8.39. The van der Waals surface area contributed by atoms with Gasteiger partial charge in [-0.3, -0.25) is 4.79 Å². The Morgan fingerprint density at radius 1 is 1.11 bits per heavy atom. The van der Waals surface area contributed by atoms with Crippen molar-refractivity contribution < 1.29 is 9.53 Å². The van der Waals surface area contributed by atoms with E-state index < -0.39 is 0 Å². The number of amides is 1. The van der Waals surface area contributed by atoms with Crippen LogP contribution in [0.1, 0.15) is 29.2 Å². The van der Waals surface area contributed by atoms with Crippen molar-refractivity contribution in [1.82, 2.24) is 15.2 Å². The van der Waals surface area contributed by atoms with E-state index >= 15 is 0 Å². The first kappa shape index (κ1) is 20.1. The lowest BCUT2D eigenvalue weighted by atomic mass is 10.0. The summed E-state index contributed by atoms with van der Waals surface area (Å²) in [5.74, 6) is 2.09. The number of rotatable bonds is 6. The molecule has 0 unspecified atom stereocenters. The SMILES string of the molecule is COc1cc(C)c(CNCc2cccnc2N2CCN(C(C)=O)CC2)cc1C. The van der Waals surface area contributed by atoms with E-state index in [1.54, 1.807) is 14.0 Å². The van der Waals surface area contributed by atoms with Crippen molar-refractivity contribution in [2.75, 3.05) is 38.2 Å². The van der Waals surface area contributed by atoms with Crippen LogP contribution in [-0.4, -0.2) is 49.1 Å². The zero-order valence-electron chi connectivity index (χ0n) is 17.3. The van der Waals surface area contributed by atoms with Gasteiger partial charge in [0.15, 0.2) is 0 Å². The van der Waals surface area contributed by atoms with Gasteiger partial charge in [0, 0.05) is 58.0 Å². The lowest BCUT2D eigenvalue weighted by Crippen LogP contribution is -2.48. The number of aromatic nitrogens is 1. The number of pyridine rings is 1. The molecule has 1 aromatic heterocycles. The molecule has 0 saturated carbocycles. The fourth-order valence-electron chi connectivity index (χ4n) is 3.68. The lowest BCUT2D eigenvalue weighted by molar-refractivity contribution is -0.129. The molecule has 0 spiro atoms. The Kier molecular flexibility index (Phi) is 6.52. The average molecular weight is 383 g/mol. The average Bonchev–Trinajstić information content (AvgIpc) is 2.70. The first-order valence-electron chi connectivity index (χ1n) is 9.78. The van der Waals surface area contributed by atoms with Gasteiger partial charge < -0.3 is 19.9 Å². The van der Waals surface area contributed by atoms with Gasteiger partial charge in [-0.2, -0.15) is 0 Å². The van der Waals surface area contributed by atoms with E-state index in [0.717, 1.165) is 56.4 Å². The van der Waals surface area contributed by atoms with Crippen LogP contribution < -0.4 is 15.0 Å². The minimum Gasteiger partial charge on any atom is -0.496 e. The number of hydrogen-bond donors (Lipinski definition) is 1. The molecule has 0 atom stereocenters. The third-order valence-electron chi connectivity index (χ3n) is 5.38. The summed E-state index contributed by atoms with van der Waals surface area (Å²) in [5, 5.41) is 3.56. The second-order valence-electron chi connectivity index (χ2n) is 7.33. The highest BCUT2D eigenvalue weighted by molar-refractivity contribution is 5.73. The summed E-state index contributed by atoms with van der Waals surface area (Å²) in [4.78, 5) is 20.3. The molecular weight excluding hydrogens is 352 g/mol. The number of methoxy groups -OCH3 is 1. The number of nitrogens with zero attached hydrogens (tertiary/aromatic N) is 3. The number of piperazine rings is 1. The van der Waals surface area contributed by atoms with Gasteiger partial charge in [-0.25, -0.2) is 4.98 Å². The van der Waals surface area contributed by atoms with Gasteiger partial charge in [0.05, 0.1) is 7.11 Å². The number of ether oxygens (including phenoxy) is 1. The van der Waals surface area contributed by atoms with E-state index in [9.17, 15) is 4.79 Å². The largest absolute Gasteiger partial charge is 0.496 e. The van der Waals surface area contributed by atoms with Crippen LogP contribution in [0, 0.1) is 13.8 Å². The van der Waals surface area contributed by atoms with Crippen molar-refractivity contribution in [2.24, 2.45) is 0 Å². The molecule has 1 N–H and O–H groups in total. The van der Waals surface area contributed by atoms with E-state index in [-0.39, 0.29) is 5.91 Å². The first-order chi connectivity index (χ1) is 13.5. The zero-order valence-corrected chi connectivity index (χ0v) is 17.3. The van der Waals surface area contributed by atoms with Gasteiger partial charge in [-0.05, 0) is 42.7 Å². The van der Waals surface area contributed by atoms with Crippen molar-refractivity contribution in [3.8, 4) is 5.75 Å². The Balaban J connectivity index is 1.63. The Hall–Kier alpha value is -2.60. The minimum atomic E-state index is 0.146. The molecule has 1 aromatic carbocycles. The van der Waals surface area contributed by atoms with Gasteiger partial charge in [0.25, 0.3) is 0 Å². The second kappa shape index (κ2) is 9.06. The maximum atomic E-state index is 11.6. The summed E-state index contributed by atoms with van der Waals surface area (Å²) in [5.41, 5.74) is 4.83. The lowest BCUT2D eigenvalue weighted by Gasteiger charge is -2.35. The van der Waals surface area contributed by atoms with Crippen molar-refractivity contribution in [3.63, 3.8) is 0 Å². The number of carbonyl (C=O) groups excluding carboxylic acids is 1. The van der Waals surface area contributed by atoms with Crippen molar-refractivity contribution >= 4 is 11.7 Å². The second-order valence-corrected chi connectivity index (χ2v) is 7.33. The normalized spacial score (nSPS) is 14.3. The van der Waals surface area contributed by atoms with Crippen LogP contribution >= 0.6 is 0 Å². The van der Waals surface area contributed by atoms with Gasteiger partial charge in [0.2, 0.25) is 5.91 Å².